The molecule has 0 fully saturated rings. The molecule has 9 nitrogen and oxygen atoms in total. The number of carbonyl (C=O) groups is 2. The van der Waals surface area contributed by atoms with Crippen molar-refractivity contribution in [3.8, 4) is 43.5 Å². The predicted molar refractivity (Wildman–Crippen MR) is 228 cm³/mol. The number of benzene rings is 3. The molecule has 284 valence electrons. The normalized spacial score (nSPS) is 11.9. The van der Waals surface area contributed by atoms with Crippen LogP contribution in [0.2, 0.25) is 15.1 Å². The van der Waals surface area contributed by atoms with Crippen LogP contribution in [0.3, 0.4) is 0 Å². The van der Waals surface area contributed by atoms with E-state index >= 15 is 0 Å². The highest BCUT2D eigenvalue weighted by molar-refractivity contribution is 7.18. The van der Waals surface area contributed by atoms with E-state index < -0.39 is 17.9 Å². The van der Waals surface area contributed by atoms with Crippen molar-refractivity contribution in [2.45, 2.75) is 26.1 Å². The Labute approximate surface area is 346 Å². The van der Waals surface area contributed by atoms with Gasteiger partial charge in [-0.2, -0.15) is 0 Å². The Balaban J connectivity index is 0.000000198. The molecular formula is C42H34Cl3N5O4S2. The van der Waals surface area contributed by atoms with Gasteiger partial charge in [-0.1, -0.05) is 89.4 Å². The summed E-state index contributed by atoms with van der Waals surface area (Å²) < 4.78 is 12.1. The first-order valence-corrected chi connectivity index (χ1v) is 19.8. The van der Waals surface area contributed by atoms with Crippen LogP contribution in [0, 0.1) is 0 Å². The van der Waals surface area contributed by atoms with E-state index in [1.165, 1.54) is 22.7 Å². The molecule has 14 heteroatoms. The predicted octanol–water partition coefficient (Wildman–Crippen LogP) is 11.3. The van der Waals surface area contributed by atoms with Crippen LogP contribution >= 0.6 is 57.5 Å². The van der Waals surface area contributed by atoms with E-state index in [-0.39, 0.29) is 6.10 Å². The first kappa shape index (κ1) is 40.2. The number of nitrogens with two attached hydrogens (primary N) is 3. The number of ether oxygens (including phenoxy) is 2. The number of hydrogen-bond acceptors (Lipinski definition) is 9. The van der Waals surface area contributed by atoms with Crippen molar-refractivity contribution in [3.05, 3.63) is 158 Å². The van der Waals surface area contributed by atoms with Crippen LogP contribution < -0.4 is 26.7 Å². The van der Waals surface area contributed by atoms with Gasteiger partial charge in [0.15, 0.2) is 0 Å². The highest BCUT2D eigenvalue weighted by Crippen LogP contribution is 2.42. The average Bonchev–Trinajstić information content (AvgIpc) is 3.81. The topological polar surface area (TPSA) is 156 Å². The lowest BCUT2D eigenvalue weighted by molar-refractivity contribution is 0.0989. The van der Waals surface area contributed by atoms with Crippen LogP contribution in [-0.2, 0) is 0 Å². The molecule has 4 aromatic heterocycles. The van der Waals surface area contributed by atoms with Crippen LogP contribution in [0.15, 0.2) is 122 Å². The summed E-state index contributed by atoms with van der Waals surface area (Å²) in [7, 11) is 0. The minimum Gasteiger partial charge on any atom is -0.484 e. The summed E-state index contributed by atoms with van der Waals surface area (Å²) >= 11 is 21.1. The third-order valence-corrected chi connectivity index (χ3v) is 11.7. The second-order valence-corrected chi connectivity index (χ2v) is 15.7. The van der Waals surface area contributed by atoms with Crippen LogP contribution in [-0.4, -0.2) is 21.8 Å². The van der Waals surface area contributed by atoms with Crippen molar-refractivity contribution >= 4 is 75.1 Å². The maximum Gasteiger partial charge on any atom is 0.262 e. The van der Waals surface area contributed by atoms with Crippen LogP contribution in [0.5, 0.6) is 11.5 Å². The van der Waals surface area contributed by atoms with Crippen molar-refractivity contribution in [3.63, 3.8) is 0 Å². The molecule has 2 amide bonds. The first-order chi connectivity index (χ1) is 26.9. The lowest BCUT2D eigenvalue weighted by Gasteiger charge is -2.16. The lowest BCUT2D eigenvalue weighted by Crippen LogP contribution is -2.12. The Morgan fingerprint density at radius 1 is 0.643 bits per heavy atom. The largest absolute Gasteiger partial charge is 0.484 e. The van der Waals surface area contributed by atoms with Crippen LogP contribution in [0.25, 0.3) is 32.0 Å². The van der Waals surface area contributed by atoms with Gasteiger partial charge in [0, 0.05) is 71.2 Å². The van der Waals surface area contributed by atoms with Gasteiger partial charge in [0.1, 0.15) is 39.3 Å². The third kappa shape index (κ3) is 9.50. The molecule has 0 spiro atoms. The zero-order chi connectivity index (χ0) is 39.9. The molecule has 0 saturated heterocycles. The zero-order valence-electron chi connectivity index (χ0n) is 29.9. The van der Waals surface area contributed by atoms with Gasteiger partial charge >= 0.3 is 0 Å². The number of amides is 2. The van der Waals surface area contributed by atoms with E-state index in [0.717, 1.165) is 32.7 Å². The van der Waals surface area contributed by atoms with Crippen LogP contribution in [0.1, 0.15) is 56.5 Å². The monoisotopic (exact) mass is 841 g/mol. The Kier molecular flexibility index (Phi) is 12.9. The maximum atomic E-state index is 12.1. The number of pyridine rings is 2. The van der Waals surface area contributed by atoms with Crippen molar-refractivity contribution in [2.24, 2.45) is 11.5 Å². The number of nitrogens with zero attached hydrogens (tertiary/aromatic N) is 2. The molecule has 6 N–H and O–H groups in total. The van der Waals surface area contributed by atoms with Gasteiger partial charge in [0.2, 0.25) is 0 Å². The first-order valence-electron chi connectivity index (χ1n) is 17.0. The molecule has 4 heterocycles. The van der Waals surface area contributed by atoms with E-state index in [4.69, 9.17) is 61.5 Å². The molecule has 0 saturated carbocycles. The van der Waals surface area contributed by atoms with Crippen molar-refractivity contribution in [1.82, 2.24) is 9.97 Å². The van der Waals surface area contributed by atoms with Gasteiger partial charge < -0.3 is 26.7 Å². The molecule has 7 aromatic rings. The number of thiophene rings is 2. The number of hydrogen-bond donors (Lipinski definition) is 3. The van der Waals surface area contributed by atoms with E-state index in [2.05, 4.69) is 9.97 Å². The van der Waals surface area contributed by atoms with E-state index in [0.29, 0.717) is 52.6 Å². The smallest absolute Gasteiger partial charge is 0.262 e. The number of carbonyl (C=O) groups excluding carboxylic acids is 2. The highest BCUT2D eigenvalue weighted by Gasteiger charge is 2.22. The molecule has 3 aromatic carbocycles. The second kappa shape index (κ2) is 18.0. The lowest BCUT2D eigenvalue weighted by atomic mass is 10.0. The number of rotatable bonds is 11. The summed E-state index contributed by atoms with van der Waals surface area (Å²) in [5.74, 6) is 0.0617. The van der Waals surface area contributed by atoms with Gasteiger partial charge in [-0.05, 0) is 67.9 Å². The minimum absolute atomic E-state index is 0.298. The summed E-state index contributed by atoms with van der Waals surface area (Å²) in [5.41, 5.74) is 22.3. The molecule has 56 heavy (non-hydrogen) atoms. The fourth-order valence-corrected chi connectivity index (χ4v) is 8.34. The Hall–Kier alpha value is -5.43. The van der Waals surface area contributed by atoms with Gasteiger partial charge in [-0.3, -0.25) is 14.6 Å². The minimum atomic E-state index is -0.583. The summed E-state index contributed by atoms with van der Waals surface area (Å²) in [4.78, 5) is 34.6. The quantitative estimate of drug-likeness (QED) is 0.117. The van der Waals surface area contributed by atoms with Crippen molar-refractivity contribution in [1.29, 1.82) is 0 Å². The molecule has 2 unspecified atom stereocenters. The SMILES string of the molecule is CC(Oc1cc(-c2cc(-c3cccc(Cl)c3)cnc2N)sc1C(N)=O)c1ccccc1Cl.CC(Oc1cc(-c2cccnc2)sc1C(N)=O)c1ccccc1Cl. The van der Waals surface area contributed by atoms with Gasteiger partial charge in [-0.25, -0.2) is 4.98 Å². The Bertz CT molecular complexity index is 2510. The Morgan fingerprint density at radius 3 is 1.73 bits per heavy atom. The number of anilines is 1. The van der Waals surface area contributed by atoms with Gasteiger partial charge in [-0.15, -0.1) is 22.7 Å². The number of nitrogen functional groups attached to an aromatic ring is 1. The second-order valence-electron chi connectivity index (χ2n) is 12.3. The number of halogens is 3. The molecule has 0 radical (unpaired) electrons. The van der Waals surface area contributed by atoms with Gasteiger partial charge in [0.25, 0.3) is 11.8 Å². The summed E-state index contributed by atoms with van der Waals surface area (Å²) in [5, 5.41) is 1.82. The molecule has 0 aliphatic heterocycles. The van der Waals surface area contributed by atoms with Crippen LogP contribution in [0.4, 0.5) is 5.82 Å². The Morgan fingerprint density at radius 2 is 1.20 bits per heavy atom. The summed E-state index contributed by atoms with van der Waals surface area (Å²) in [6, 6.07) is 31.5. The van der Waals surface area contributed by atoms with E-state index in [1.807, 2.05) is 92.7 Å². The molecule has 0 bridgehead atoms. The van der Waals surface area contributed by atoms with Gasteiger partial charge in [0.05, 0.1) is 0 Å². The molecular weight excluding hydrogens is 809 g/mol. The number of aromatic nitrogens is 2. The van der Waals surface area contributed by atoms with Crippen molar-refractivity contribution < 1.29 is 19.1 Å². The molecule has 7 rings (SSSR count). The van der Waals surface area contributed by atoms with E-state index in [1.54, 1.807) is 42.9 Å². The summed E-state index contributed by atoms with van der Waals surface area (Å²) in [6.07, 6.45) is 4.41. The molecule has 0 aliphatic carbocycles. The zero-order valence-corrected chi connectivity index (χ0v) is 33.8. The number of primary amides is 2. The average molecular weight is 843 g/mol. The summed E-state index contributed by atoms with van der Waals surface area (Å²) in [6.45, 7) is 3.74. The molecule has 2 atom stereocenters. The fraction of sp³-hybridized carbons (Fsp3) is 0.0952. The highest BCUT2D eigenvalue weighted by atomic mass is 35.5. The third-order valence-electron chi connectivity index (χ3n) is 8.43. The molecule has 0 aliphatic rings. The van der Waals surface area contributed by atoms with E-state index in [9.17, 15) is 9.59 Å². The van der Waals surface area contributed by atoms with Crippen molar-refractivity contribution in [2.75, 3.05) is 5.73 Å². The standard InChI is InChI=1S/C24H19Cl2N3O2S.C18H15ClN2O2S/c1-13(17-7-2-3-8-19(17)26)31-20-11-21(32-22(20)24(28)30)18-10-15(12-29-23(18)27)14-5-4-6-16(25)9-14;1-11(13-6-2-3-7-14(13)19)23-15-9-16(24-17(15)18(20)22)12-5-4-8-21-10-12/h2-13H,1H3,(H2,27,29)(H2,28,30);2-11H,1H3,(H2,20,22). The fourth-order valence-electron chi connectivity index (χ4n) is 5.67. The maximum absolute atomic E-state index is 12.1.